The predicted molar refractivity (Wildman–Crippen MR) is 382 cm³/mol. The highest BCUT2D eigenvalue weighted by Crippen LogP contribution is 2.45. The van der Waals surface area contributed by atoms with Crippen LogP contribution < -0.4 is 0 Å². The first-order chi connectivity index (χ1) is 45.7. The van der Waals surface area contributed by atoms with Gasteiger partial charge >= 0.3 is 39.5 Å². The van der Waals surface area contributed by atoms with Crippen molar-refractivity contribution in [1.82, 2.24) is 0 Å². The van der Waals surface area contributed by atoms with Gasteiger partial charge in [0.25, 0.3) is 0 Å². The van der Waals surface area contributed by atoms with Gasteiger partial charge in [-0.1, -0.05) is 322 Å². The summed E-state index contributed by atoms with van der Waals surface area (Å²) in [5, 5.41) is 10.6. The molecule has 19 heteroatoms. The predicted octanol–water partition coefficient (Wildman–Crippen LogP) is 22.0. The van der Waals surface area contributed by atoms with E-state index in [9.17, 15) is 43.2 Å². The number of esters is 4. The highest BCUT2D eigenvalue weighted by atomic mass is 31.2. The molecule has 0 fully saturated rings. The molecule has 0 aromatic carbocycles. The largest absolute Gasteiger partial charge is 0.472 e. The summed E-state index contributed by atoms with van der Waals surface area (Å²) in [6.07, 6.45) is 60.5. The maximum atomic E-state index is 13.1. The molecule has 0 rings (SSSR count). The minimum absolute atomic E-state index is 0.105. The standard InChI is InChI=1S/C75H144O17P2/c1-5-9-13-17-21-25-29-33-34-38-40-44-48-52-56-60-73(78)86-66-71(92-75(80)62-58-54-50-46-42-37-32-28-24-20-16-12-8-4)68-90-94(83,84)88-64-69(76)63-87-93(81,82)89-67-70(91-74(79)61-57-53-49-45-41-36-31-27-23-19-15-11-7-3)65-85-72(77)59-55-51-47-43-39-35-30-26-22-18-14-10-6-2/h33-34,69-71,76H,5-32,35-68H2,1-4H3,(H,81,82)(H,83,84)/b34-33-. The molecule has 0 saturated carbocycles. The van der Waals surface area contributed by atoms with Crippen LogP contribution in [0.3, 0.4) is 0 Å². The summed E-state index contributed by atoms with van der Waals surface area (Å²) in [4.78, 5) is 72.8. The molecule has 17 nitrogen and oxygen atoms in total. The molecule has 0 aromatic heterocycles. The lowest BCUT2D eigenvalue weighted by atomic mass is 10.0. The van der Waals surface area contributed by atoms with Crippen LogP contribution in [0.25, 0.3) is 0 Å². The molecule has 0 spiro atoms. The maximum absolute atomic E-state index is 13.1. The fourth-order valence-corrected chi connectivity index (χ4v) is 12.9. The van der Waals surface area contributed by atoms with Crippen molar-refractivity contribution in [1.29, 1.82) is 0 Å². The van der Waals surface area contributed by atoms with Crippen LogP contribution in [0.1, 0.15) is 387 Å². The van der Waals surface area contributed by atoms with E-state index in [0.29, 0.717) is 25.7 Å². The van der Waals surface area contributed by atoms with E-state index >= 15 is 0 Å². The number of aliphatic hydroxyl groups is 1. The van der Waals surface area contributed by atoms with Gasteiger partial charge in [0.2, 0.25) is 0 Å². The number of ether oxygens (including phenoxy) is 4. The quantitative estimate of drug-likeness (QED) is 0.0169. The third-order valence-electron chi connectivity index (χ3n) is 17.3. The molecule has 0 aliphatic carbocycles. The van der Waals surface area contributed by atoms with E-state index in [2.05, 4.69) is 39.8 Å². The zero-order chi connectivity index (χ0) is 69.0. The number of phosphoric ester groups is 2. The van der Waals surface area contributed by atoms with E-state index in [0.717, 1.165) is 109 Å². The van der Waals surface area contributed by atoms with Crippen LogP contribution in [0.15, 0.2) is 12.2 Å². The van der Waals surface area contributed by atoms with E-state index < -0.39 is 97.5 Å². The first kappa shape index (κ1) is 91.8. The van der Waals surface area contributed by atoms with Gasteiger partial charge in [0.1, 0.15) is 19.3 Å². The molecule has 5 atom stereocenters. The Bertz CT molecular complexity index is 1840. The Labute approximate surface area is 574 Å². The zero-order valence-electron chi connectivity index (χ0n) is 60.7. The zero-order valence-corrected chi connectivity index (χ0v) is 62.5. The van der Waals surface area contributed by atoms with Gasteiger partial charge in [0, 0.05) is 25.7 Å². The number of carbonyl (C=O) groups excluding carboxylic acids is 4. The van der Waals surface area contributed by atoms with E-state index in [1.165, 1.54) is 199 Å². The summed E-state index contributed by atoms with van der Waals surface area (Å²) >= 11 is 0. The molecule has 0 radical (unpaired) electrons. The Morgan fingerprint density at radius 1 is 0.287 bits per heavy atom. The number of allylic oxidation sites excluding steroid dienone is 2. The van der Waals surface area contributed by atoms with Crippen molar-refractivity contribution in [3.8, 4) is 0 Å². The van der Waals surface area contributed by atoms with Crippen molar-refractivity contribution in [3.05, 3.63) is 12.2 Å². The van der Waals surface area contributed by atoms with Gasteiger partial charge < -0.3 is 33.8 Å². The van der Waals surface area contributed by atoms with E-state index in [1.54, 1.807) is 0 Å². The average molecular weight is 1380 g/mol. The van der Waals surface area contributed by atoms with Gasteiger partial charge in [-0.2, -0.15) is 0 Å². The third kappa shape index (κ3) is 68.3. The molecule has 556 valence electrons. The summed E-state index contributed by atoms with van der Waals surface area (Å²) in [5.74, 6) is -2.13. The number of phosphoric acid groups is 2. The Morgan fingerprint density at radius 2 is 0.489 bits per heavy atom. The van der Waals surface area contributed by atoms with Crippen molar-refractivity contribution in [2.75, 3.05) is 39.6 Å². The lowest BCUT2D eigenvalue weighted by Crippen LogP contribution is -2.30. The molecule has 94 heavy (non-hydrogen) atoms. The molecular formula is C75H144O17P2. The molecule has 0 amide bonds. The lowest BCUT2D eigenvalue weighted by molar-refractivity contribution is -0.161. The fraction of sp³-hybridized carbons (Fsp3) is 0.920. The van der Waals surface area contributed by atoms with Crippen LogP contribution in [0.5, 0.6) is 0 Å². The minimum atomic E-state index is -4.96. The van der Waals surface area contributed by atoms with Crippen molar-refractivity contribution in [3.63, 3.8) is 0 Å². The molecule has 0 saturated heterocycles. The summed E-state index contributed by atoms with van der Waals surface area (Å²) < 4.78 is 68.5. The second-order valence-electron chi connectivity index (χ2n) is 26.7. The number of hydrogen-bond donors (Lipinski definition) is 3. The Morgan fingerprint density at radius 3 is 0.734 bits per heavy atom. The monoisotopic (exact) mass is 1380 g/mol. The van der Waals surface area contributed by atoms with Crippen molar-refractivity contribution >= 4 is 39.5 Å². The average Bonchev–Trinajstić information content (AvgIpc) is 1.67. The van der Waals surface area contributed by atoms with Gasteiger partial charge in [0.05, 0.1) is 26.4 Å². The Hall–Kier alpha value is -2.20. The van der Waals surface area contributed by atoms with Crippen molar-refractivity contribution < 1.29 is 80.2 Å². The van der Waals surface area contributed by atoms with Crippen molar-refractivity contribution in [2.24, 2.45) is 0 Å². The molecule has 0 aliphatic rings. The number of carbonyl (C=O) groups is 4. The summed E-state index contributed by atoms with van der Waals surface area (Å²) in [6.45, 7) is 4.96. The second-order valence-corrected chi connectivity index (χ2v) is 29.6. The Kier molecular flexibility index (Phi) is 67.7. The molecular weight excluding hydrogens is 1230 g/mol. The molecule has 0 bridgehead atoms. The smallest absolute Gasteiger partial charge is 0.462 e. The second kappa shape index (κ2) is 69.3. The first-order valence-corrected chi connectivity index (χ1v) is 41.9. The lowest BCUT2D eigenvalue weighted by Gasteiger charge is -2.21. The van der Waals surface area contributed by atoms with Crippen LogP contribution in [0.4, 0.5) is 0 Å². The van der Waals surface area contributed by atoms with Crippen LogP contribution in [0.2, 0.25) is 0 Å². The van der Waals surface area contributed by atoms with Crippen LogP contribution in [-0.2, 0) is 65.4 Å². The summed E-state index contributed by atoms with van der Waals surface area (Å²) in [6, 6.07) is 0. The van der Waals surface area contributed by atoms with Gasteiger partial charge in [-0.25, -0.2) is 9.13 Å². The van der Waals surface area contributed by atoms with E-state index in [1.807, 2.05) is 0 Å². The molecule has 0 aromatic rings. The van der Waals surface area contributed by atoms with E-state index in [-0.39, 0.29) is 25.7 Å². The Balaban J connectivity index is 5.27. The molecule has 0 heterocycles. The van der Waals surface area contributed by atoms with Gasteiger partial charge in [-0.15, -0.1) is 0 Å². The van der Waals surface area contributed by atoms with Crippen LogP contribution in [0, 0.1) is 0 Å². The molecule has 5 unspecified atom stereocenters. The van der Waals surface area contributed by atoms with Crippen molar-refractivity contribution in [2.45, 2.75) is 406 Å². The minimum Gasteiger partial charge on any atom is -0.462 e. The highest BCUT2D eigenvalue weighted by molar-refractivity contribution is 7.47. The topological polar surface area (TPSA) is 237 Å². The number of aliphatic hydroxyl groups excluding tert-OH is 1. The number of rotatable bonds is 75. The van der Waals surface area contributed by atoms with E-state index in [4.69, 9.17) is 37.0 Å². The number of unbranched alkanes of at least 4 members (excludes halogenated alkanes) is 47. The first-order valence-electron chi connectivity index (χ1n) is 38.9. The molecule has 0 aliphatic heterocycles. The highest BCUT2D eigenvalue weighted by Gasteiger charge is 2.30. The van der Waals surface area contributed by atoms with Crippen LogP contribution >= 0.6 is 15.6 Å². The molecule has 3 N–H and O–H groups in total. The van der Waals surface area contributed by atoms with Crippen LogP contribution in [-0.4, -0.2) is 96.7 Å². The SMILES string of the molecule is CCCCCCCC/C=C\CCCCCCCC(=O)OCC(COP(=O)(O)OCC(O)COP(=O)(O)OCC(COC(=O)CCCCCCCCCCCCCCC)OC(=O)CCCCCCCCCCCCCCC)OC(=O)CCCCCCCCCCCCCCC. The van der Waals surface area contributed by atoms with Gasteiger partial charge in [-0.3, -0.25) is 37.3 Å². The fourth-order valence-electron chi connectivity index (χ4n) is 11.3. The number of hydrogen-bond acceptors (Lipinski definition) is 15. The van der Waals surface area contributed by atoms with Gasteiger partial charge in [0.15, 0.2) is 12.2 Å². The third-order valence-corrected chi connectivity index (χ3v) is 19.2. The normalized spacial score (nSPS) is 14.0. The van der Waals surface area contributed by atoms with Gasteiger partial charge in [-0.05, 0) is 51.4 Å². The summed E-state index contributed by atoms with van der Waals surface area (Å²) in [5.41, 5.74) is 0. The maximum Gasteiger partial charge on any atom is 0.472 e. The summed E-state index contributed by atoms with van der Waals surface area (Å²) in [7, 11) is -9.91.